The number of H-pyrrole nitrogens is 1. The molecule has 6 heteroatoms. The molecule has 2 amide bonds. The van der Waals surface area contributed by atoms with Crippen LogP contribution in [-0.4, -0.2) is 58.0 Å². The molecule has 1 N–H and O–H groups in total. The minimum atomic E-state index is 0.0440. The molecule has 2 heterocycles. The number of carbonyl (C=O) groups excluding carboxylic acids is 2. The summed E-state index contributed by atoms with van der Waals surface area (Å²) < 4.78 is 0. The topological polar surface area (TPSA) is 56.4 Å². The molecule has 1 aliphatic rings. The van der Waals surface area contributed by atoms with Gasteiger partial charge in [-0.05, 0) is 36.4 Å². The molecule has 0 spiro atoms. The van der Waals surface area contributed by atoms with E-state index in [1.54, 1.807) is 11.8 Å². The molecule has 1 saturated heterocycles. The molecule has 1 aromatic carbocycles. The third-order valence-corrected chi connectivity index (χ3v) is 5.41. The number of aromatic nitrogens is 1. The van der Waals surface area contributed by atoms with Crippen LogP contribution in [0.25, 0.3) is 0 Å². The minimum absolute atomic E-state index is 0.0440. The SMILES string of the molecule is CC(C)Sc1ccc(C(=O)N2CCN(C(=O)Cc3ccc[nH]3)CC2)cc1. The first kappa shape index (κ1) is 18.6. The van der Waals surface area contributed by atoms with E-state index in [4.69, 9.17) is 0 Å². The van der Waals surface area contributed by atoms with Crippen LogP contribution in [0.4, 0.5) is 0 Å². The second kappa shape index (κ2) is 8.45. The van der Waals surface area contributed by atoms with Crippen molar-refractivity contribution < 1.29 is 9.59 Å². The first-order chi connectivity index (χ1) is 12.5. The normalized spacial score (nSPS) is 14.7. The average molecular weight is 372 g/mol. The number of hydrogen-bond acceptors (Lipinski definition) is 3. The van der Waals surface area contributed by atoms with Crippen LogP contribution in [0.5, 0.6) is 0 Å². The van der Waals surface area contributed by atoms with E-state index in [1.165, 1.54) is 4.90 Å². The van der Waals surface area contributed by atoms with Gasteiger partial charge in [0.25, 0.3) is 5.91 Å². The van der Waals surface area contributed by atoms with Crippen molar-refractivity contribution in [2.75, 3.05) is 26.2 Å². The maximum absolute atomic E-state index is 12.7. The lowest BCUT2D eigenvalue weighted by Gasteiger charge is -2.34. The molecule has 26 heavy (non-hydrogen) atoms. The molecule has 3 rings (SSSR count). The molecule has 138 valence electrons. The van der Waals surface area contributed by atoms with Crippen molar-refractivity contribution in [3.05, 3.63) is 53.9 Å². The Morgan fingerprint density at radius 3 is 2.27 bits per heavy atom. The van der Waals surface area contributed by atoms with Crippen LogP contribution in [0, 0.1) is 0 Å². The highest BCUT2D eigenvalue weighted by molar-refractivity contribution is 7.99. The van der Waals surface area contributed by atoms with Gasteiger partial charge in [-0.1, -0.05) is 13.8 Å². The van der Waals surface area contributed by atoms with Crippen molar-refractivity contribution in [1.29, 1.82) is 0 Å². The van der Waals surface area contributed by atoms with E-state index in [-0.39, 0.29) is 11.8 Å². The van der Waals surface area contributed by atoms with E-state index in [0.29, 0.717) is 43.4 Å². The Morgan fingerprint density at radius 2 is 1.69 bits per heavy atom. The van der Waals surface area contributed by atoms with E-state index in [2.05, 4.69) is 18.8 Å². The van der Waals surface area contributed by atoms with Gasteiger partial charge in [-0.2, -0.15) is 0 Å². The first-order valence-corrected chi connectivity index (χ1v) is 9.87. The van der Waals surface area contributed by atoms with E-state index < -0.39 is 0 Å². The van der Waals surface area contributed by atoms with Gasteiger partial charge >= 0.3 is 0 Å². The summed E-state index contributed by atoms with van der Waals surface area (Å²) in [4.78, 5) is 32.9. The first-order valence-electron chi connectivity index (χ1n) is 8.99. The van der Waals surface area contributed by atoms with Gasteiger partial charge in [0.05, 0.1) is 6.42 Å². The standard InChI is InChI=1S/C20H25N3O2S/c1-15(2)26-18-7-5-16(6-8-18)20(25)23-12-10-22(11-13-23)19(24)14-17-4-3-9-21-17/h3-9,15,21H,10-14H2,1-2H3. The van der Waals surface area contributed by atoms with Crippen LogP contribution in [0.2, 0.25) is 0 Å². The molecule has 0 radical (unpaired) electrons. The van der Waals surface area contributed by atoms with Crippen LogP contribution in [0.3, 0.4) is 0 Å². The van der Waals surface area contributed by atoms with Crippen molar-refractivity contribution in [2.45, 2.75) is 30.4 Å². The Bertz CT molecular complexity index is 733. The predicted octanol–water partition coefficient (Wildman–Crippen LogP) is 3.04. The van der Waals surface area contributed by atoms with Crippen molar-refractivity contribution in [3.63, 3.8) is 0 Å². The van der Waals surface area contributed by atoms with E-state index in [9.17, 15) is 9.59 Å². The summed E-state index contributed by atoms with van der Waals surface area (Å²) in [5.41, 5.74) is 1.64. The Balaban J connectivity index is 1.52. The monoisotopic (exact) mass is 371 g/mol. The molecule has 1 fully saturated rings. The van der Waals surface area contributed by atoms with Gasteiger partial charge in [-0.15, -0.1) is 11.8 Å². The van der Waals surface area contributed by atoms with Gasteiger partial charge < -0.3 is 14.8 Å². The Morgan fingerprint density at radius 1 is 1.04 bits per heavy atom. The third-order valence-electron chi connectivity index (χ3n) is 4.40. The number of rotatable bonds is 5. The fraction of sp³-hybridized carbons (Fsp3) is 0.400. The number of nitrogens with zero attached hydrogens (tertiary/aromatic N) is 2. The van der Waals surface area contributed by atoms with E-state index in [0.717, 1.165) is 5.69 Å². The highest BCUT2D eigenvalue weighted by Crippen LogP contribution is 2.23. The zero-order chi connectivity index (χ0) is 18.5. The number of thioether (sulfide) groups is 1. The van der Waals surface area contributed by atoms with Crippen molar-refractivity contribution >= 4 is 23.6 Å². The maximum Gasteiger partial charge on any atom is 0.253 e. The quantitative estimate of drug-likeness (QED) is 0.822. The lowest BCUT2D eigenvalue weighted by atomic mass is 10.1. The summed E-state index contributed by atoms with van der Waals surface area (Å²) in [5, 5.41) is 0.521. The Labute approximate surface area is 158 Å². The van der Waals surface area contributed by atoms with Crippen LogP contribution in [0.1, 0.15) is 29.9 Å². The van der Waals surface area contributed by atoms with Gasteiger partial charge in [0.15, 0.2) is 0 Å². The van der Waals surface area contributed by atoms with Crippen LogP contribution in [-0.2, 0) is 11.2 Å². The van der Waals surface area contributed by atoms with Gasteiger partial charge in [0.2, 0.25) is 5.91 Å². The number of hydrogen-bond donors (Lipinski definition) is 1. The van der Waals surface area contributed by atoms with E-state index in [1.807, 2.05) is 52.4 Å². The fourth-order valence-electron chi connectivity index (χ4n) is 3.04. The molecule has 1 aliphatic heterocycles. The number of piperazine rings is 1. The summed E-state index contributed by atoms with van der Waals surface area (Å²) >= 11 is 1.79. The molecule has 0 aliphatic carbocycles. The summed E-state index contributed by atoms with van der Waals surface area (Å²) in [6, 6.07) is 11.6. The highest BCUT2D eigenvalue weighted by Gasteiger charge is 2.25. The number of carbonyl (C=O) groups is 2. The molecule has 5 nitrogen and oxygen atoms in total. The smallest absolute Gasteiger partial charge is 0.253 e. The molecule has 0 bridgehead atoms. The van der Waals surface area contributed by atoms with Crippen LogP contribution in [0.15, 0.2) is 47.5 Å². The van der Waals surface area contributed by atoms with Gasteiger partial charge in [0.1, 0.15) is 0 Å². The number of benzene rings is 1. The van der Waals surface area contributed by atoms with Crippen molar-refractivity contribution in [3.8, 4) is 0 Å². The van der Waals surface area contributed by atoms with Crippen LogP contribution < -0.4 is 0 Å². The molecule has 0 unspecified atom stereocenters. The van der Waals surface area contributed by atoms with Crippen molar-refractivity contribution in [1.82, 2.24) is 14.8 Å². The lowest BCUT2D eigenvalue weighted by molar-refractivity contribution is -0.132. The van der Waals surface area contributed by atoms with E-state index >= 15 is 0 Å². The van der Waals surface area contributed by atoms with Crippen molar-refractivity contribution in [2.24, 2.45) is 0 Å². The predicted molar refractivity (Wildman–Crippen MR) is 104 cm³/mol. The Hall–Kier alpha value is -2.21. The number of aromatic amines is 1. The fourth-order valence-corrected chi connectivity index (χ4v) is 3.88. The summed E-state index contributed by atoms with van der Waals surface area (Å²) in [6.45, 7) is 6.65. The molecule has 1 aromatic heterocycles. The lowest BCUT2D eigenvalue weighted by Crippen LogP contribution is -2.51. The second-order valence-electron chi connectivity index (χ2n) is 6.74. The second-order valence-corrected chi connectivity index (χ2v) is 8.39. The van der Waals surface area contributed by atoms with Gasteiger partial charge in [-0.3, -0.25) is 9.59 Å². The number of amides is 2. The average Bonchev–Trinajstić information content (AvgIpc) is 3.14. The zero-order valence-electron chi connectivity index (χ0n) is 15.3. The number of nitrogens with one attached hydrogen (secondary N) is 1. The highest BCUT2D eigenvalue weighted by atomic mass is 32.2. The van der Waals surface area contributed by atoms with Crippen LogP contribution >= 0.6 is 11.8 Å². The summed E-state index contributed by atoms with van der Waals surface area (Å²) in [7, 11) is 0. The summed E-state index contributed by atoms with van der Waals surface area (Å²) in [6.07, 6.45) is 2.21. The molecule has 2 aromatic rings. The largest absolute Gasteiger partial charge is 0.365 e. The zero-order valence-corrected chi connectivity index (χ0v) is 16.1. The maximum atomic E-state index is 12.7. The summed E-state index contributed by atoms with van der Waals surface area (Å²) in [5.74, 6) is 0.150. The molecule has 0 atom stereocenters. The molecular formula is C20H25N3O2S. The Kier molecular flexibility index (Phi) is 6.04. The minimum Gasteiger partial charge on any atom is -0.365 e. The molecular weight excluding hydrogens is 346 g/mol. The van der Waals surface area contributed by atoms with Gasteiger partial charge in [0, 0.05) is 53.8 Å². The van der Waals surface area contributed by atoms with Gasteiger partial charge in [-0.25, -0.2) is 0 Å². The molecule has 0 saturated carbocycles. The third kappa shape index (κ3) is 4.69.